The quantitative estimate of drug-likeness (QED) is 0.497. The molecule has 0 unspecified atom stereocenters. The first-order chi connectivity index (χ1) is 13.0. The van der Waals surface area contributed by atoms with E-state index in [2.05, 4.69) is 4.99 Å². The van der Waals surface area contributed by atoms with Gasteiger partial charge in [-0.25, -0.2) is 4.99 Å². The number of benzene rings is 2. The second kappa shape index (κ2) is 8.67. The Morgan fingerprint density at radius 2 is 1.96 bits per heavy atom. The summed E-state index contributed by atoms with van der Waals surface area (Å²) in [6, 6.07) is 15.7. The zero-order valence-corrected chi connectivity index (χ0v) is 17.4. The molecule has 0 aliphatic carbocycles. The lowest BCUT2D eigenvalue weighted by atomic mass is 10.2. The van der Waals surface area contributed by atoms with Gasteiger partial charge in [-0.1, -0.05) is 18.2 Å². The van der Waals surface area contributed by atoms with E-state index in [-0.39, 0.29) is 12.0 Å². The Labute approximate surface area is 168 Å². The van der Waals surface area contributed by atoms with Gasteiger partial charge in [0.1, 0.15) is 5.75 Å². The van der Waals surface area contributed by atoms with Crippen molar-refractivity contribution in [3.63, 3.8) is 0 Å². The molecule has 2 aromatic carbocycles. The van der Waals surface area contributed by atoms with Gasteiger partial charge in [0.2, 0.25) is 0 Å². The van der Waals surface area contributed by atoms with Gasteiger partial charge in [0, 0.05) is 11.9 Å². The minimum atomic E-state index is -0.0463. The van der Waals surface area contributed by atoms with Gasteiger partial charge in [-0.15, -0.1) is 11.8 Å². The summed E-state index contributed by atoms with van der Waals surface area (Å²) in [5.41, 5.74) is 1.78. The highest BCUT2D eigenvalue weighted by molar-refractivity contribution is 8.18. The van der Waals surface area contributed by atoms with Gasteiger partial charge in [0.15, 0.2) is 5.17 Å². The Bertz CT molecular complexity index is 907. The first-order valence-corrected chi connectivity index (χ1v) is 10.7. The van der Waals surface area contributed by atoms with E-state index in [9.17, 15) is 4.79 Å². The van der Waals surface area contributed by atoms with Crippen molar-refractivity contribution >= 4 is 46.4 Å². The summed E-state index contributed by atoms with van der Waals surface area (Å²) in [6.07, 6.45) is 4.03. The highest BCUT2D eigenvalue weighted by atomic mass is 32.2. The summed E-state index contributed by atoms with van der Waals surface area (Å²) in [4.78, 5) is 20.7. The Morgan fingerprint density at radius 3 is 2.70 bits per heavy atom. The molecule has 4 nitrogen and oxygen atoms in total. The summed E-state index contributed by atoms with van der Waals surface area (Å²) >= 11 is 3.06. The van der Waals surface area contributed by atoms with Crippen molar-refractivity contribution in [2.75, 3.05) is 13.3 Å². The van der Waals surface area contributed by atoms with E-state index in [1.165, 1.54) is 11.8 Å². The van der Waals surface area contributed by atoms with Crippen LogP contribution in [0, 0.1) is 0 Å². The fraction of sp³-hybridized carbons (Fsp3) is 0.238. The third-order valence-electron chi connectivity index (χ3n) is 3.81. The number of ether oxygens (including phenoxy) is 1. The van der Waals surface area contributed by atoms with Crippen molar-refractivity contribution in [2.24, 2.45) is 4.99 Å². The summed E-state index contributed by atoms with van der Waals surface area (Å²) in [5, 5.41) is 0.680. The van der Waals surface area contributed by atoms with E-state index >= 15 is 0 Å². The van der Waals surface area contributed by atoms with Crippen LogP contribution in [0.4, 0.5) is 5.69 Å². The number of hydrogen-bond acceptors (Lipinski definition) is 5. The second-order valence-corrected chi connectivity index (χ2v) is 8.20. The molecule has 140 valence electrons. The second-order valence-electron chi connectivity index (χ2n) is 6.31. The minimum Gasteiger partial charge on any atom is -0.491 e. The largest absolute Gasteiger partial charge is 0.491 e. The summed E-state index contributed by atoms with van der Waals surface area (Å²) < 4.78 is 5.73. The maximum absolute atomic E-state index is 12.6. The predicted molar refractivity (Wildman–Crippen MR) is 116 cm³/mol. The zero-order valence-electron chi connectivity index (χ0n) is 15.8. The molecule has 0 saturated carbocycles. The monoisotopic (exact) mass is 398 g/mol. The third kappa shape index (κ3) is 4.96. The molecule has 1 amide bonds. The van der Waals surface area contributed by atoms with Crippen LogP contribution in [0.15, 0.2) is 63.3 Å². The highest BCUT2D eigenvalue weighted by Gasteiger charge is 2.30. The molecule has 3 rings (SSSR count). The molecule has 1 fully saturated rings. The van der Waals surface area contributed by atoms with E-state index < -0.39 is 0 Å². The summed E-state index contributed by atoms with van der Waals surface area (Å²) in [7, 11) is 1.76. The Morgan fingerprint density at radius 1 is 1.19 bits per heavy atom. The molecule has 2 aromatic rings. The van der Waals surface area contributed by atoms with Gasteiger partial charge >= 0.3 is 0 Å². The molecule has 0 spiro atoms. The predicted octanol–water partition coefficient (Wildman–Crippen LogP) is 5.43. The molecule has 1 heterocycles. The molecule has 0 N–H and O–H groups in total. The van der Waals surface area contributed by atoms with Gasteiger partial charge in [0.05, 0.1) is 16.7 Å². The highest BCUT2D eigenvalue weighted by Crippen LogP contribution is 2.34. The minimum absolute atomic E-state index is 0.0463. The molecular weight excluding hydrogens is 376 g/mol. The first kappa shape index (κ1) is 19.6. The van der Waals surface area contributed by atoms with Gasteiger partial charge in [-0.2, -0.15) is 0 Å². The molecule has 1 aliphatic heterocycles. The topological polar surface area (TPSA) is 41.9 Å². The van der Waals surface area contributed by atoms with E-state index in [1.807, 2.05) is 74.7 Å². The van der Waals surface area contributed by atoms with Crippen LogP contribution in [0.1, 0.15) is 19.4 Å². The smallest absolute Gasteiger partial charge is 0.266 e. The van der Waals surface area contributed by atoms with Crippen molar-refractivity contribution in [3.8, 4) is 5.75 Å². The number of amides is 1. The van der Waals surface area contributed by atoms with Crippen LogP contribution >= 0.6 is 23.5 Å². The van der Waals surface area contributed by atoms with Crippen LogP contribution in [0.3, 0.4) is 0 Å². The van der Waals surface area contributed by atoms with Gasteiger partial charge in [0.25, 0.3) is 5.91 Å². The van der Waals surface area contributed by atoms with Crippen molar-refractivity contribution < 1.29 is 9.53 Å². The standard InChI is InChI=1S/C21H22N2O2S2/c1-14(2)25-17-9-5-7-15(11-17)12-19-20(24)23(3)21(27-19)22-16-8-6-10-18(13-16)26-4/h5-14H,1-4H3/b19-12+,22-21?. The average molecular weight is 399 g/mol. The number of carbonyl (C=O) groups is 1. The van der Waals surface area contributed by atoms with E-state index in [0.29, 0.717) is 10.1 Å². The van der Waals surface area contributed by atoms with Crippen molar-refractivity contribution in [3.05, 3.63) is 59.0 Å². The lowest BCUT2D eigenvalue weighted by Crippen LogP contribution is -2.23. The zero-order chi connectivity index (χ0) is 19.4. The van der Waals surface area contributed by atoms with E-state index in [0.717, 1.165) is 21.9 Å². The Balaban J connectivity index is 1.85. The normalized spacial score (nSPS) is 17.4. The van der Waals surface area contributed by atoms with Crippen LogP contribution in [0.2, 0.25) is 0 Å². The first-order valence-electron chi connectivity index (χ1n) is 8.63. The SMILES string of the molecule is CSc1cccc(N=C2S/C(=C/c3cccc(OC(C)C)c3)C(=O)N2C)c1. The van der Waals surface area contributed by atoms with Crippen LogP contribution in [0.5, 0.6) is 5.75 Å². The van der Waals surface area contributed by atoms with E-state index in [4.69, 9.17) is 4.74 Å². The molecule has 27 heavy (non-hydrogen) atoms. The Hall–Kier alpha value is -2.18. The molecule has 0 aromatic heterocycles. The van der Waals surface area contributed by atoms with Crippen molar-refractivity contribution in [1.29, 1.82) is 0 Å². The lowest BCUT2D eigenvalue weighted by molar-refractivity contribution is -0.121. The average Bonchev–Trinajstić information content (AvgIpc) is 2.89. The number of hydrogen-bond donors (Lipinski definition) is 0. The molecule has 1 aliphatic rings. The molecule has 0 atom stereocenters. The van der Waals surface area contributed by atoms with Crippen LogP contribution in [0.25, 0.3) is 6.08 Å². The number of aliphatic imine (C=N–C) groups is 1. The Kier molecular flexibility index (Phi) is 6.29. The fourth-order valence-electron chi connectivity index (χ4n) is 2.54. The van der Waals surface area contributed by atoms with Gasteiger partial charge < -0.3 is 4.74 Å². The van der Waals surface area contributed by atoms with Crippen LogP contribution in [-0.4, -0.2) is 35.4 Å². The number of amidine groups is 1. The van der Waals surface area contributed by atoms with Gasteiger partial charge in [-0.3, -0.25) is 9.69 Å². The number of thioether (sulfide) groups is 2. The molecule has 6 heteroatoms. The fourth-order valence-corrected chi connectivity index (χ4v) is 3.98. The summed E-state index contributed by atoms with van der Waals surface area (Å²) in [6.45, 7) is 3.98. The number of nitrogens with zero attached hydrogens (tertiary/aromatic N) is 2. The number of likely N-dealkylation sites (N-methyl/N-ethyl adjacent to an activating group) is 1. The molecule has 1 saturated heterocycles. The summed E-state index contributed by atoms with van der Waals surface area (Å²) in [5.74, 6) is 0.751. The lowest BCUT2D eigenvalue weighted by Gasteiger charge is -2.09. The number of carbonyl (C=O) groups excluding carboxylic acids is 1. The van der Waals surface area contributed by atoms with Crippen LogP contribution in [-0.2, 0) is 4.79 Å². The maximum Gasteiger partial charge on any atom is 0.266 e. The van der Waals surface area contributed by atoms with Crippen molar-refractivity contribution in [2.45, 2.75) is 24.8 Å². The van der Waals surface area contributed by atoms with E-state index in [1.54, 1.807) is 23.7 Å². The van der Waals surface area contributed by atoms with Crippen molar-refractivity contribution in [1.82, 2.24) is 4.90 Å². The maximum atomic E-state index is 12.6. The molecular formula is C21H22N2O2S2. The van der Waals surface area contributed by atoms with Crippen LogP contribution < -0.4 is 4.74 Å². The third-order valence-corrected chi connectivity index (χ3v) is 5.59. The molecule has 0 bridgehead atoms. The van der Waals surface area contributed by atoms with Gasteiger partial charge in [-0.05, 0) is 73.8 Å². The number of rotatable bonds is 5. The molecule has 0 radical (unpaired) electrons.